The summed E-state index contributed by atoms with van der Waals surface area (Å²) in [5.41, 5.74) is 1.84. The fourth-order valence-electron chi connectivity index (χ4n) is 3.66. The second-order valence-electron chi connectivity index (χ2n) is 6.94. The number of rotatable bonds is 3. The lowest BCUT2D eigenvalue weighted by atomic mass is 10.2. The van der Waals surface area contributed by atoms with Crippen molar-refractivity contribution in [2.75, 3.05) is 26.2 Å². The van der Waals surface area contributed by atoms with Crippen LogP contribution in [0.2, 0.25) is 0 Å². The Hall–Kier alpha value is -2.70. The second-order valence-corrected chi connectivity index (χ2v) is 8.06. The molecule has 5 rings (SSSR count). The topological polar surface area (TPSA) is 50.8 Å². The van der Waals surface area contributed by atoms with Gasteiger partial charge in [0.1, 0.15) is 17.1 Å². The fourth-order valence-corrected chi connectivity index (χ4v) is 4.69. The summed E-state index contributed by atoms with van der Waals surface area (Å²) in [6.45, 7) is 4.28. The zero-order chi connectivity index (χ0) is 18.2. The fraction of sp³-hybridized carbons (Fsp3) is 0.238. The molecule has 1 fully saturated rings. The zero-order valence-electron chi connectivity index (χ0n) is 14.9. The predicted octanol–water partition coefficient (Wildman–Crippen LogP) is 2.58. The molecule has 1 N–H and O–H groups in total. The van der Waals surface area contributed by atoms with Crippen LogP contribution in [-0.2, 0) is 6.54 Å². The Balaban J connectivity index is 1.23. The molecule has 6 heteroatoms. The maximum atomic E-state index is 12.8. The molecular weight excluding hydrogens is 358 g/mol. The highest BCUT2D eigenvalue weighted by atomic mass is 32.1. The average Bonchev–Trinajstić information content (AvgIpc) is 3.31. The summed E-state index contributed by atoms with van der Waals surface area (Å²) < 4.78 is 6.97. The number of furan rings is 1. The van der Waals surface area contributed by atoms with Crippen LogP contribution < -0.4 is 4.90 Å². The number of carbonyl (C=O) groups excluding carboxylic acids is 1. The summed E-state index contributed by atoms with van der Waals surface area (Å²) >= 11 is 1.77. The van der Waals surface area contributed by atoms with Crippen LogP contribution in [0.25, 0.3) is 21.2 Å². The number of thiazole rings is 1. The maximum absolute atomic E-state index is 12.8. The van der Waals surface area contributed by atoms with Crippen molar-refractivity contribution in [1.29, 1.82) is 0 Å². The van der Waals surface area contributed by atoms with Gasteiger partial charge in [-0.2, -0.15) is 0 Å². The molecule has 0 bridgehead atoms. The van der Waals surface area contributed by atoms with E-state index in [0.29, 0.717) is 5.76 Å². The summed E-state index contributed by atoms with van der Waals surface area (Å²) in [7, 11) is 0. The average molecular weight is 378 g/mol. The number of carbonyl (C=O) groups is 1. The van der Waals surface area contributed by atoms with Gasteiger partial charge in [-0.05, 0) is 24.3 Å². The minimum absolute atomic E-state index is 0.00904. The van der Waals surface area contributed by atoms with E-state index in [1.165, 1.54) is 14.6 Å². The van der Waals surface area contributed by atoms with Crippen LogP contribution in [0, 0.1) is 0 Å². The van der Waals surface area contributed by atoms with E-state index in [2.05, 4.69) is 18.2 Å². The minimum Gasteiger partial charge on any atom is -0.451 e. The first-order chi connectivity index (χ1) is 13.3. The van der Waals surface area contributed by atoms with Crippen molar-refractivity contribution in [1.82, 2.24) is 9.88 Å². The largest absolute Gasteiger partial charge is 0.451 e. The number of quaternary nitrogens is 1. The van der Waals surface area contributed by atoms with Crippen LogP contribution in [-0.4, -0.2) is 42.0 Å². The zero-order valence-corrected chi connectivity index (χ0v) is 15.7. The van der Waals surface area contributed by atoms with E-state index >= 15 is 0 Å². The first-order valence-electron chi connectivity index (χ1n) is 9.22. The number of benzene rings is 2. The van der Waals surface area contributed by atoms with Gasteiger partial charge in [0, 0.05) is 5.39 Å². The molecule has 0 unspecified atom stereocenters. The second kappa shape index (κ2) is 6.79. The number of nitrogens with one attached hydrogen (secondary N) is 1. The minimum atomic E-state index is -0.00904. The Morgan fingerprint density at radius 2 is 1.89 bits per heavy atom. The first kappa shape index (κ1) is 16.5. The van der Waals surface area contributed by atoms with E-state index in [1.54, 1.807) is 11.3 Å². The van der Waals surface area contributed by atoms with Gasteiger partial charge in [0.2, 0.25) is 0 Å². The highest BCUT2D eigenvalue weighted by Gasteiger charge is 2.27. The Morgan fingerprint density at radius 3 is 2.70 bits per heavy atom. The smallest absolute Gasteiger partial charge is 0.290 e. The van der Waals surface area contributed by atoms with Crippen molar-refractivity contribution in [2.24, 2.45) is 0 Å². The molecule has 2 aromatic heterocycles. The van der Waals surface area contributed by atoms with Gasteiger partial charge in [0.05, 0.1) is 36.4 Å². The van der Waals surface area contributed by atoms with E-state index in [0.717, 1.165) is 49.2 Å². The maximum Gasteiger partial charge on any atom is 0.290 e. The Labute approximate surface area is 160 Å². The van der Waals surface area contributed by atoms with Crippen molar-refractivity contribution in [2.45, 2.75) is 6.54 Å². The molecule has 1 aliphatic rings. The molecule has 1 saturated heterocycles. The third kappa shape index (κ3) is 3.22. The molecule has 0 spiro atoms. The highest BCUT2D eigenvalue weighted by Crippen LogP contribution is 2.21. The highest BCUT2D eigenvalue weighted by molar-refractivity contribution is 7.18. The van der Waals surface area contributed by atoms with Crippen LogP contribution >= 0.6 is 11.3 Å². The summed E-state index contributed by atoms with van der Waals surface area (Å²) in [4.78, 5) is 20.9. The van der Waals surface area contributed by atoms with Crippen molar-refractivity contribution in [3.8, 4) is 0 Å². The molecule has 0 radical (unpaired) electrons. The molecule has 136 valence electrons. The molecule has 5 nitrogen and oxygen atoms in total. The van der Waals surface area contributed by atoms with E-state index in [4.69, 9.17) is 9.40 Å². The van der Waals surface area contributed by atoms with Crippen molar-refractivity contribution < 1.29 is 14.1 Å². The summed E-state index contributed by atoms with van der Waals surface area (Å²) in [5, 5.41) is 2.14. The van der Waals surface area contributed by atoms with Crippen LogP contribution in [0.1, 0.15) is 15.6 Å². The predicted molar refractivity (Wildman–Crippen MR) is 106 cm³/mol. The lowest BCUT2D eigenvalue weighted by molar-refractivity contribution is -0.917. The third-order valence-corrected chi connectivity index (χ3v) is 6.17. The van der Waals surface area contributed by atoms with Crippen LogP contribution in [0.4, 0.5) is 0 Å². The monoisotopic (exact) mass is 378 g/mol. The lowest BCUT2D eigenvalue weighted by Gasteiger charge is -2.31. The summed E-state index contributed by atoms with van der Waals surface area (Å²) in [6.07, 6.45) is 0. The molecule has 2 aromatic carbocycles. The number of para-hydroxylation sites is 2. The van der Waals surface area contributed by atoms with Gasteiger partial charge in [-0.3, -0.25) is 4.79 Å². The molecule has 0 atom stereocenters. The van der Waals surface area contributed by atoms with Crippen LogP contribution in [0.3, 0.4) is 0 Å². The number of hydrogen-bond acceptors (Lipinski definition) is 4. The van der Waals surface area contributed by atoms with Crippen molar-refractivity contribution >= 4 is 38.4 Å². The van der Waals surface area contributed by atoms with Gasteiger partial charge in [-0.15, -0.1) is 11.3 Å². The Kier molecular flexibility index (Phi) is 4.14. The number of amides is 1. The van der Waals surface area contributed by atoms with Crippen LogP contribution in [0.5, 0.6) is 0 Å². The van der Waals surface area contributed by atoms with E-state index in [-0.39, 0.29) is 5.91 Å². The molecule has 1 amide bonds. The lowest BCUT2D eigenvalue weighted by Crippen LogP contribution is -3.13. The molecule has 4 aromatic rings. The van der Waals surface area contributed by atoms with E-state index in [1.807, 2.05) is 41.3 Å². The molecule has 1 aliphatic heterocycles. The van der Waals surface area contributed by atoms with Crippen molar-refractivity contribution in [3.63, 3.8) is 0 Å². The molecule has 0 saturated carbocycles. The van der Waals surface area contributed by atoms with Crippen molar-refractivity contribution in [3.05, 3.63) is 65.4 Å². The van der Waals surface area contributed by atoms with E-state index in [9.17, 15) is 4.79 Å². The number of hydrogen-bond donors (Lipinski definition) is 1. The summed E-state index contributed by atoms with van der Waals surface area (Å²) in [5.74, 6) is 0.427. The van der Waals surface area contributed by atoms with Gasteiger partial charge in [-0.25, -0.2) is 4.98 Å². The summed E-state index contributed by atoms with van der Waals surface area (Å²) in [6, 6.07) is 17.9. The number of piperazine rings is 1. The number of nitrogens with zero attached hydrogens (tertiary/aromatic N) is 2. The molecular formula is C21H20N3O2S+. The standard InChI is InChI=1S/C21H19N3O2S/c25-21(18-13-15-5-1-3-7-17(15)26-18)24-11-9-23(10-12-24)14-20-22-16-6-2-4-8-19(16)27-20/h1-8,13H,9-12,14H2/p+1. The quantitative estimate of drug-likeness (QED) is 0.596. The Bertz CT molecular complexity index is 1040. The number of aromatic nitrogens is 1. The first-order valence-corrected chi connectivity index (χ1v) is 10.0. The van der Waals surface area contributed by atoms with Gasteiger partial charge in [-0.1, -0.05) is 30.3 Å². The van der Waals surface area contributed by atoms with Gasteiger partial charge >= 0.3 is 0 Å². The van der Waals surface area contributed by atoms with E-state index < -0.39 is 0 Å². The molecule has 0 aliphatic carbocycles. The normalized spacial score (nSPS) is 15.6. The molecule has 3 heterocycles. The third-order valence-electron chi connectivity index (χ3n) is 5.13. The number of fused-ring (bicyclic) bond motifs is 2. The van der Waals surface area contributed by atoms with Gasteiger partial charge in [0.25, 0.3) is 5.91 Å². The molecule has 27 heavy (non-hydrogen) atoms. The SMILES string of the molecule is O=C(c1cc2ccccc2o1)N1CC[NH+](Cc2nc3ccccc3s2)CC1. The van der Waals surface area contributed by atoms with Gasteiger partial charge in [0.15, 0.2) is 5.76 Å². The van der Waals surface area contributed by atoms with Crippen LogP contribution in [0.15, 0.2) is 59.0 Å². The Morgan fingerprint density at radius 1 is 1.11 bits per heavy atom. The van der Waals surface area contributed by atoms with Gasteiger partial charge < -0.3 is 14.2 Å².